The standard InChI is InChI=1S/C8H13N/c1-3-5-8(4-2)6-7-9/h6H,3-5H2,1-2H3/b8-6+. The summed E-state index contributed by atoms with van der Waals surface area (Å²) in [6, 6.07) is 2.04. The molecule has 0 aliphatic heterocycles. The van der Waals surface area contributed by atoms with Crippen molar-refractivity contribution in [3.63, 3.8) is 0 Å². The molecule has 0 fully saturated rings. The van der Waals surface area contributed by atoms with Gasteiger partial charge < -0.3 is 0 Å². The van der Waals surface area contributed by atoms with E-state index in [1.54, 1.807) is 6.08 Å². The summed E-state index contributed by atoms with van der Waals surface area (Å²) in [6.45, 7) is 4.21. The van der Waals surface area contributed by atoms with Gasteiger partial charge in [0.1, 0.15) is 0 Å². The van der Waals surface area contributed by atoms with E-state index < -0.39 is 0 Å². The molecule has 1 heteroatoms. The first kappa shape index (κ1) is 8.23. The average molecular weight is 123 g/mol. The van der Waals surface area contributed by atoms with Crippen LogP contribution in [0, 0.1) is 11.3 Å². The summed E-state index contributed by atoms with van der Waals surface area (Å²) in [5.41, 5.74) is 1.26. The Kier molecular flexibility index (Phi) is 4.91. The van der Waals surface area contributed by atoms with Crippen LogP contribution in [0.3, 0.4) is 0 Å². The van der Waals surface area contributed by atoms with E-state index in [9.17, 15) is 0 Å². The lowest BCUT2D eigenvalue weighted by Crippen LogP contribution is -1.77. The zero-order valence-corrected chi connectivity index (χ0v) is 6.15. The second-order valence-corrected chi connectivity index (χ2v) is 2.04. The van der Waals surface area contributed by atoms with E-state index in [0.29, 0.717) is 0 Å². The van der Waals surface area contributed by atoms with Gasteiger partial charge in [-0.2, -0.15) is 5.26 Å². The van der Waals surface area contributed by atoms with Crippen molar-refractivity contribution < 1.29 is 0 Å². The lowest BCUT2D eigenvalue weighted by molar-refractivity contribution is 0.859. The van der Waals surface area contributed by atoms with E-state index in [2.05, 4.69) is 13.8 Å². The van der Waals surface area contributed by atoms with E-state index in [1.807, 2.05) is 6.07 Å². The topological polar surface area (TPSA) is 23.8 Å². The Morgan fingerprint density at radius 3 is 2.56 bits per heavy atom. The second-order valence-electron chi connectivity index (χ2n) is 2.04. The number of nitrogens with zero attached hydrogens (tertiary/aromatic N) is 1. The Morgan fingerprint density at radius 2 is 2.22 bits per heavy atom. The summed E-state index contributed by atoms with van der Waals surface area (Å²) in [7, 11) is 0. The van der Waals surface area contributed by atoms with Gasteiger partial charge in [-0.1, -0.05) is 25.8 Å². The Bertz CT molecular complexity index is 128. The van der Waals surface area contributed by atoms with Gasteiger partial charge in [0, 0.05) is 6.08 Å². The van der Waals surface area contributed by atoms with E-state index in [4.69, 9.17) is 5.26 Å². The average Bonchev–Trinajstić information content (AvgIpc) is 1.88. The van der Waals surface area contributed by atoms with Crippen molar-refractivity contribution in [2.75, 3.05) is 0 Å². The maximum absolute atomic E-state index is 8.27. The van der Waals surface area contributed by atoms with Crippen LogP contribution in [0.15, 0.2) is 11.6 Å². The third-order valence-electron chi connectivity index (χ3n) is 1.29. The minimum absolute atomic E-state index is 1.02. The van der Waals surface area contributed by atoms with Gasteiger partial charge in [0.25, 0.3) is 0 Å². The van der Waals surface area contributed by atoms with Crippen LogP contribution < -0.4 is 0 Å². The van der Waals surface area contributed by atoms with Gasteiger partial charge in [0.05, 0.1) is 6.07 Å². The maximum Gasteiger partial charge on any atom is 0.0911 e. The minimum Gasteiger partial charge on any atom is -0.193 e. The third-order valence-corrected chi connectivity index (χ3v) is 1.29. The molecular weight excluding hydrogens is 110 g/mol. The quantitative estimate of drug-likeness (QED) is 0.529. The lowest BCUT2D eigenvalue weighted by Gasteiger charge is -1.96. The van der Waals surface area contributed by atoms with Crippen molar-refractivity contribution in [3.05, 3.63) is 11.6 Å². The molecule has 0 bridgehead atoms. The molecule has 1 nitrogen and oxygen atoms in total. The molecule has 0 radical (unpaired) electrons. The molecule has 0 N–H and O–H groups in total. The van der Waals surface area contributed by atoms with Gasteiger partial charge in [-0.05, 0) is 12.8 Å². The van der Waals surface area contributed by atoms with E-state index in [0.717, 1.165) is 19.3 Å². The Hall–Kier alpha value is -0.770. The molecule has 0 aliphatic rings. The van der Waals surface area contributed by atoms with Gasteiger partial charge in [-0.15, -0.1) is 0 Å². The van der Waals surface area contributed by atoms with Gasteiger partial charge in [-0.3, -0.25) is 0 Å². The fraction of sp³-hybridized carbons (Fsp3) is 0.625. The maximum atomic E-state index is 8.27. The highest BCUT2D eigenvalue weighted by atomic mass is 14.2. The van der Waals surface area contributed by atoms with Crippen LogP contribution in [-0.4, -0.2) is 0 Å². The normalized spacial score (nSPS) is 11.0. The molecule has 0 aromatic heterocycles. The van der Waals surface area contributed by atoms with Gasteiger partial charge >= 0.3 is 0 Å². The van der Waals surface area contributed by atoms with E-state index in [1.165, 1.54) is 5.57 Å². The van der Waals surface area contributed by atoms with Crippen molar-refractivity contribution in [2.24, 2.45) is 0 Å². The number of allylic oxidation sites excluding steroid dienone is 2. The van der Waals surface area contributed by atoms with Crippen molar-refractivity contribution >= 4 is 0 Å². The zero-order valence-electron chi connectivity index (χ0n) is 6.15. The number of nitriles is 1. The molecular formula is C8H13N. The van der Waals surface area contributed by atoms with Crippen molar-refractivity contribution in [3.8, 4) is 6.07 Å². The molecule has 0 aliphatic carbocycles. The van der Waals surface area contributed by atoms with E-state index >= 15 is 0 Å². The number of rotatable bonds is 3. The summed E-state index contributed by atoms with van der Waals surface area (Å²) in [4.78, 5) is 0. The minimum atomic E-state index is 1.02. The number of hydrogen-bond acceptors (Lipinski definition) is 1. The fourth-order valence-electron chi connectivity index (χ4n) is 0.763. The summed E-state index contributed by atoms with van der Waals surface area (Å²) < 4.78 is 0. The van der Waals surface area contributed by atoms with E-state index in [-0.39, 0.29) is 0 Å². The molecule has 50 valence electrons. The van der Waals surface area contributed by atoms with Gasteiger partial charge in [0.2, 0.25) is 0 Å². The number of hydrogen-bond donors (Lipinski definition) is 0. The SMILES string of the molecule is CCC/C(=C/C#N)CC. The van der Waals surface area contributed by atoms with Crippen LogP contribution >= 0.6 is 0 Å². The summed E-state index contributed by atoms with van der Waals surface area (Å²) in [6.07, 6.45) is 4.89. The predicted octanol–water partition coefficient (Wildman–Crippen LogP) is 2.65. The smallest absolute Gasteiger partial charge is 0.0911 e. The van der Waals surface area contributed by atoms with Crippen LogP contribution in [0.5, 0.6) is 0 Å². The van der Waals surface area contributed by atoms with Crippen LogP contribution in [0.2, 0.25) is 0 Å². The molecule has 0 atom stereocenters. The van der Waals surface area contributed by atoms with Crippen LogP contribution in [-0.2, 0) is 0 Å². The summed E-state index contributed by atoms with van der Waals surface area (Å²) in [5.74, 6) is 0. The Labute approximate surface area is 57.0 Å². The highest BCUT2D eigenvalue weighted by Crippen LogP contribution is 2.07. The summed E-state index contributed by atoms with van der Waals surface area (Å²) >= 11 is 0. The first-order valence-corrected chi connectivity index (χ1v) is 3.42. The van der Waals surface area contributed by atoms with Gasteiger partial charge in [-0.25, -0.2) is 0 Å². The van der Waals surface area contributed by atoms with Crippen LogP contribution in [0.4, 0.5) is 0 Å². The van der Waals surface area contributed by atoms with Crippen molar-refractivity contribution in [1.29, 1.82) is 5.26 Å². The highest BCUT2D eigenvalue weighted by Gasteiger charge is 1.89. The molecule has 0 heterocycles. The largest absolute Gasteiger partial charge is 0.193 e. The lowest BCUT2D eigenvalue weighted by atomic mass is 10.1. The van der Waals surface area contributed by atoms with Crippen molar-refractivity contribution in [1.82, 2.24) is 0 Å². The third kappa shape index (κ3) is 3.78. The Balaban J connectivity index is 3.70. The summed E-state index contributed by atoms with van der Waals surface area (Å²) in [5, 5.41) is 8.27. The monoisotopic (exact) mass is 123 g/mol. The fourth-order valence-corrected chi connectivity index (χ4v) is 0.763. The molecule has 9 heavy (non-hydrogen) atoms. The second kappa shape index (κ2) is 5.37. The molecule has 0 saturated heterocycles. The molecule has 0 aromatic rings. The van der Waals surface area contributed by atoms with Gasteiger partial charge in [0.15, 0.2) is 0 Å². The highest BCUT2D eigenvalue weighted by molar-refractivity contribution is 5.12. The van der Waals surface area contributed by atoms with Crippen LogP contribution in [0.25, 0.3) is 0 Å². The van der Waals surface area contributed by atoms with Crippen LogP contribution in [0.1, 0.15) is 33.1 Å². The predicted molar refractivity (Wildman–Crippen MR) is 38.9 cm³/mol. The molecule has 0 aromatic carbocycles. The molecule has 0 saturated carbocycles. The molecule has 0 rings (SSSR count). The first-order chi connectivity index (χ1) is 4.35. The first-order valence-electron chi connectivity index (χ1n) is 3.42. The zero-order chi connectivity index (χ0) is 7.11. The molecule has 0 amide bonds. The molecule has 0 spiro atoms. The molecule has 0 unspecified atom stereocenters. The van der Waals surface area contributed by atoms with Crippen molar-refractivity contribution in [2.45, 2.75) is 33.1 Å². The Morgan fingerprint density at radius 1 is 1.56 bits per heavy atom.